The summed E-state index contributed by atoms with van der Waals surface area (Å²) in [5, 5.41) is 2.72. The summed E-state index contributed by atoms with van der Waals surface area (Å²) in [6.07, 6.45) is 1.38. The van der Waals surface area contributed by atoms with E-state index in [-0.39, 0.29) is 31.0 Å². The van der Waals surface area contributed by atoms with Gasteiger partial charge in [0.25, 0.3) is 0 Å². The molecule has 0 aliphatic heterocycles. The number of carbonyl (C=O) groups is 1. The van der Waals surface area contributed by atoms with Crippen molar-refractivity contribution in [3.8, 4) is 0 Å². The highest BCUT2D eigenvalue weighted by molar-refractivity contribution is 7.92. The molecule has 24 heavy (non-hydrogen) atoms. The topological polar surface area (TPSA) is 69.7 Å². The van der Waals surface area contributed by atoms with Crippen LogP contribution in [0, 0.1) is 11.6 Å². The lowest BCUT2D eigenvalue weighted by Gasteiger charge is -2.22. The van der Waals surface area contributed by atoms with Crippen molar-refractivity contribution in [2.45, 2.75) is 12.8 Å². The molecule has 1 aromatic rings. The van der Waals surface area contributed by atoms with Crippen molar-refractivity contribution in [2.75, 3.05) is 44.3 Å². The summed E-state index contributed by atoms with van der Waals surface area (Å²) < 4.78 is 51.0. The maximum absolute atomic E-state index is 13.3. The Bertz CT molecular complexity index is 666. The van der Waals surface area contributed by atoms with Crippen LogP contribution in [0.1, 0.15) is 12.8 Å². The van der Waals surface area contributed by atoms with Crippen LogP contribution in [-0.2, 0) is 14.8 Å². The molecule has 0 radical (unpaired) electrons. The van der Waals surface area contributed by atoms with E-state index >= 15 is 0 Å². The standard InChI is InChI=1S/C15H23F2N3O3S/c1-19(2)10-8-18-15(21)5-4-9-20(24(3,22)23)12-6-7-13(16)14(17)11-12/h6-7,11H,4-5,8-10H2,1-3H3,(H,18,21). The fraction of sp³-hybridized carbons (Fsp3) is 0.533. The zero-order valence-corrected chi connectivity index (χ0v) is 14.9. The average molecular weight is 363 g/mol. The van der Waals surface area contributed by atoms with Crippen LogP contribution in [0.4, 0.5) is 14.5 Å². The molecule has 0 saturated carbocycles. The van der Waals surface area contributed by atoms with Crippen molar-refractivity contribution in [1.29, 1.82) is 0 Å². The first kappa shape index (κ1) is 20.3. The second-order valence-electron chi connectivity index (χ2n) is 5.69. The van der Waals surface area contributed by atoms with E-state index in [1.165, 1.54) is 6.07 Å². The Morgan fingerprint density at radius 1 is 1.17 bits per heavy atom. The molecule has 9 heteroatoms. The molecule has 136 valence electrons. The molecule has 0 atom stereocenters. The van der Waals surface area contributed by atoms with Crippen molar-refractivity contribution < 1.29 is 22.0 Å². The van der Waals surface area contributed by atoms with Gasteiger partial charge in [0, 0.05) is 32.1 Å². The zero-order chi connectivity index (χ0) is 18.3. The number of rotatable bonds is 9. The second-order valence-corrected chi connectivity index (χ2v) is 7.60. The van der Waals surface area contributed by atoms with Gasteiger partial charge in [0.1, 0.15) is 0 Å². The van der Waals surface area contributed by atoms with Crippen LogP contribution in [0.2, 0.25) is 0 Å². The molecule has 0 spiro atoms. The number of hydrogen-bond acceptors (Lipinski definition) is 4. The van der Waals surface area contributed by atoms with E-state index in [0.717, 1.165) is 22.7 Å². The van der Waals surface area contributed by atoms with Gasteiger partial charge in [-0.15, -0.1) is 0 Å². The van der Waals surface area contributed by atoms with Crippen LogP contribution in [0.5, 0.6) is 0 Å². The molecule has 0 aliphatic carbocycles. The predicted octanol–water partition coefficient (Wildman–Crippen LogP) is 1.19. The van der Waals surface area contributed by atoms with Gasteiger partial charge in [0.15, 0.2) is 11.6 Å². The smallest absolute Gasteiger partial charge is 0.232 e. The third-order valence-electron chi connectivity index (χ3n) is 3.24. The Morgan fingerprint density at radius 2 is 1.83 bits per heavy atom. The first-order chi connectivity index (χ1) is 11.1. The fourth-order valence-electron chi connectivity index (χ4n) is 2.02. The van der Waals surface area contributed by atoms with E-state index in [2.05, 4.69) is 5.32 Å². The van der Waals surface area contributed by atoms with E-state index < -0.39 is 21.7 Å². The summed E-state index contributed by atoms with van der Waals surface area (Å²) in [5.74, 6) is -2.36. The van der Waals surface area contributed by atoms with Gasteiger partial charge in [-0.25, -0.2) is 17.2 Å². The van der Waals surface area contributed by atoms with Crippen LogP contribution < -0.4 is 9.62 Å². The van der Waals surface area contributed by atoms with Gasteiger partial charge < -0.3 is 10.2 Å². The SMILES string of the molecule is CN(C)CCNC(=O)CCCN(c1ccc(F)c(F)c1)S(C)(=O)=O. The van der Waals surface area contributed by atoms with Gasteiger partial charge in [-0.3, -0.25) is 9.10 Å². The quantitative estimate of drug-likeness (QED) is 0.716. The lowest BCUT2D eigenvalue weighted by molar-refractivity contribution is -0.121. The van der Waals surface area contributed by atoms with Crippen LogP contribution in [0.25, 0.3) is 0 Å². The van der Waals surface area contributed by atoms with E-state index in [1.807, 2.05) is 19.0 Å². The number of nitrogens with one attached hydrogen (secondary N) is 1. The summed E-state index contributed by atoms with van der Waals surface area (Å²) in [4.78, 5) is 13.6. The maximum atomic E-state index is 13.3. The number of sulfonamides is 1. The van der Waals surface area contributed by atoms with E-state index in [0.29, 0.717) is 13.1 Å². The Balaban J connectivity index is 2.62. The molecule has 0 heterocycles. The molecule has 1 N–H and O–H groups in total. The molecule has 0 bridgehead atoms. The Morgan fingerprint density at radius 3 is 2.38 bits per heavy atom. The molecular formula is C15H23F2N3O3S. The van der Waals surface area contributed by atoms with E-state index in [1.54, 1.807) is 0 Å². The lowest BCUT2D eigenvalue weighted by Crippen LogP contribution is -2.33. The number of likely N-dealkylation sites (N-methyl/N-ethyl adjacent to an activating group) is 1. The lowest BCUT2D eigenvalue weighted by atomic mass is 10.2. The number of carbonyl (C=O) groups excluding carboxylic acids is 1. The highest BCUT2D eigenvalue weighted by Crippen LogP contribution is 2.21. The summed E-state index contributed by atoms with van der Waals surface area (Å²) in [6.45, 7) is 1.21. The maximum Gasteiger partial charge on any atom is 0.232 e. The molecule has 1 amide bonds. The normalized spacial score (nSPS) is 11.6. The molecule has 1 aromatic carbocycles. The van der Waals surface area contributed by atoms with Crippen LogP contribution in [0.15, 0.2) is 18.2 Å². The van der Waals surface area contributed by atoms with E-state index in [4.69, 9.17) is 0 Å². The van der Waals surface area contributed by atoms with Gasteiger partial charge >= 0.3 is 0 Å². The van der Waals surface area contributed by atoms with Gasteiger partial charge in [-0.1, -0.05) is 0 Å². The summed E-state index contributed by atoms with van der Waals surface area (Å²) in [7, 11) is 0.106. The summed E-state index contributed by atoms with van der Waals surface area (Å²) in [6, 6.07) is 2.89. The molecule has 0 aliphatic rings. The molecule has 1 rings (SSSR count). The number of halogens is 2. The highest BCUT2D eigenvalue weighted by atomic mass is 32.2. The number of benzene rings is 1. The van der Waals surface area contributed by atoms with Crippen molar-refractivity contribution in [1.82, 2.24) is 10.2 Å². The Hall–Kier alpha value is -1.74. The number of nitrogens with zero attached hydrogens (tertiary/aromatic N) is 2. The van der Waals surface area contributed by atoms with Crippen molar-refractivity contribution in [3.05, 3.63) is 29.8 Å². The van der Waals surface area contributed by atoms with Crippen LogP contribution >= 0.6 is 0 Å². The molecule has 0 fully saturated rings. The number of amides is 1. The molecule has 0 aromatic heterocycles. The first-order valence-electron chi connectivity index (χ1n) is 7.45. The van der Waals surface area contributed by atoms with E-state index in [9.17, 15) is 22.0 Å². The van der Waals surface area contributed by atoms with Gasteiger partial charge in [0.05, 0.1) is 11.9 Å². The number of hydrogen-bond donors (Lipinski definition) is 1. The largest absolute Gasteiger partial charge is 0.355 e. The average Bonchev–Trinajstić information content (AvgIpc) is 2.45. The zero-order valence-electron chi connectivity index (χ0n) is 14.1. The molecule has 6 nitrogen and oxygen atoms in total. The minimum Gasteiger partial charge on any atom is -0.355 e. The third kappa shape index (κ3) is 6.79. The van der Waals surface area contributed by atoms with Gasteiger partial charge in [-0.2, -0.15) is 0 Å². The summed E-state index contributed by atoms with van der Waals surface area (Å²) in [5.41, 5.74) is 0.0319. The van der Waals surface area contributed by atoms with Crippen molar-refractivity contribution in [3.63, 3.8) is 0 Å². The van der Waals surface area contributed by atoms with Crippen LogP contribution in [0.3, 0.4) is 0 Å². The summed E-state index contributed by atoms with van der Waals surface area (Å²) >= 11 is 0. The van der Waals surface area contributed by atoms with Gasteiger partial charge in [0.2, 0.25) is 15.9 Å². The molecular weight excluding hydrogens is 340 g/mol. The highest BCUT2D eigenvalue weighted by Gasteiger charge is 2.19. The second kappa shape index (κ2) is 8.93. The Labute approximate surface area is 141 Å². The van der Waals surface area contributed by atoms with Gasteiger partial charge in [-0.05, 0) is 32.6 Å². The minimum atomic E-state index is -3.67. The monoisotopic (exact) mass is 363 g/mol. The molecule has 0 unspecified atom stereocenters. The number of anilines is 1. The first-order valence-corrected chi connectivity index (χ1v) is 9.30. The minimum absolute atomic E-state index is 0.00497. The third-order valence-corrected chi connectivity index (χ3v) is 4.43. The van der Waals surface area contributed by atoms with Crippen LogP contribution in [-0.4, -0.2) is 59.2 Å². The fourth-order valence-corrected chi connectivity index (χ4v) is 2.97. The van der Waals surface area contributed by atoms with Crippen molar-refractivity contribution >= 4 is 21.6 Å². The Kier molecular flexibility index (Phi) is 7.56. The molecule has 0 saturated heterocycles. The predicted molar refractivity (Wildman–Crippen MR) is 89.3 cm³/mol. The van der Waals surface area contributed by atoms with Crippen molar-refractivity contribution in [2.24, 2.45) is 0 Å².